The summed E-state index contributed by atoms with van der Waals surface area (Å²) in [5.74, 6) is -0.405. The standard InChI is InChI=1S/C21H26Cl2N2O4S/c1-16(2)29-12-6-11-24-21(26)15-25(14-17-7-4-3-5-8-17)30(27,28)20-13-18(22)9-10-19(20)23/h3-5,7-10,13,16H,6,11-12,14-15H2,1-2H3,(H,24,26). The molecule has 0 saturated carbocycles. The highest BCUT2D eigenvalue weighted by Gasteiger charge is 2.29. The summed E-state index contributed by atoms with van der Waals surface area (Å²) in [6.45, 7) is 4.46. The molecule has 0 radical (unpaired) electrons. The van der Waals surface area contributed by atoms with E-state index < -0.39 is 15.9 Å². The summed E-state index contributed by atoms with van der Waals surface area (Å²) in [5.41, 5.74) is 0.748. The lowest BCUT2D eigenvalue weighted by Crippen LogP contribution is -2.40. The Kier molecular flexibility index (Phi) is 9.58. The summed E-state index contributed by atoms with van der Waals surface area (Å²) >= 11 is 12.1. The second-order valence-corrected chi connectivity index (χ2v) is 9.71. The monoisotopic (exact) mass is 472 g/mol. The molecule has 0 atom stereocenters. The zero-order valence-corrected chi connectivity index (χ0v) is 19.3. The van der Waals surface area contributed by atoms with E-state index in [1.807, 2.05) is 19.9 Å². The van der Waals surface area contributed by atoms with Gasteiger partial charge in [0.2, 0.25) is 15.9 Å². The smallest absolute Gasteiger partial charge is 0.245 e. The number of nitrogens with one attached hydrogen (secondary N) is 1. The normalized spacial score (nSPS) is 11.8. The minimum absolute atomic E-state index is 0.0237. The van der Waals surface area contributed by atoms with E-state index in [-0.39, 0.29) is 34.1 Å². The van der Waals surface area contributed by atoms with Crippen LogP contribution in [-0.4, -0.2) is 44.4 Å². The molecule has 30 heavy (non-hydrogen) atoms. The van der Waals surface area contributed by atoms with Gasteiger partial charge in [-0.15, -0.1) is 0 Å². The van der Waals surface area contributed by atoms with Gasteiger partial charge >= 0.3 is 0 Å². The van der Waals surface area contributed by atoms with Crippen LogP contribution in [0, 0.1) is 0 Å². The lowest BCUT2D eigenvalue weighted by atomic mass is 10.2. The maximum atomic E-state index is 13.3. The van der Waals surface area contributed by atoms with Crippen LogP contribution in [0.1, 0.15) is 25.8 Å². The molecule has 6 nitrogen and oxygen atoms in total. The number of rotatable bonds is 11. The van der Waals surface area contributed by atoms with Crippen molar-refractivity contribution < 1.29 is 17.9 Å². The SMILES string of the molecule is CC(C)OCCCNC(=O)CN(Cc1ccccc1)S(=O)(=O)c1cc(Cl)ccc1Cl. The molecule has 0 aliphatic heterocycles. The number of carbonyl (C=O) groups excluding carboxylic acids is 1. The Hall–Kier alpha value is -1.64. The minimum Gasteiger partial charge on any atom is -0.379 e. The molecule has 2 rings (SSSR count). The van der Waals surface area contributed by atoms with Crippen molar-refractivity contribution in [3.63, 3.8) is 0 Å². The Morgan fingerprint density at radius 2 is 1.83 bits per heavy atom. The van der Waals surface area contributed by atoms with Crippen LogP contribution in [0.5, 0.6) is 0 Å². The van der Waals surface area contributed by atoms with Crippen LogP contribution in [0.25, 0.3) is 0 Å². The molecule has 0 aromatic heterocycles. The number of hydrogen-bond acceptors (Lipinski definition) is 4. The lowest BCUT2D eigenvalue weighted by Gasteiger charge is -2.22. The summed E-state index contributed by atoms with van der Waals surface area (Å²) in [6, 6.07) is 13.3. The third-order valence-electron chi connectivity index (χ3n) is 4.13. The third kappa shape index (κ3) is 7.56. The van der Waals surface area contributed by atoms with Crippen LogP contribution >= 0.6 is 23.2 Å². The maximum Gasteiger partial charge on any atom is 0.245 e. The van der Waals surface area contributed by atoms with Crippen molar-refractivity contribution in [2.75, 3.05) is 19.7 Å². The van der Waals surface area contributed by atoms with Gasteiger partial charge in [-0.1, -0.05) is 53.5 Å². The van der Waals surface area contributed by atoms with Crippen molar-refractivity contribution in [2.45, 2.75) is 37.8 Å². The Balaban J connectivity index is 2.16. The number of hydrogen-bond donors (Lipinski definition) is 1. The number of sulfonamides is 1. The predicted octanol–water partition coefficient (Wildman–Crippen LogP) is 4.12. The fraction of sp³-hybridized carbons (Fsp3) is 0.381. The lowest BCUT2D eigenvalue weighted by molar-refractivity contribution is -0.121. The molecule has 1 amide bonds. The molecule has 0 unspecified atom stereocenters. The quantitative estimate of drug-likeness (QED) is 0.499. The molecule has 2 aromatic carbocycles. The van der Waals surface area contributed by atoms with Gasteiger partial charge in [0, 0.05) is 24.7 Å². The molecule has 164 valence electrons. The van der Waals surface area contributed by atoms with Gasteiger partial charge in [0.1, 0.15) is 4.90 Å². The second-order valence-electron chi connectivity index (χ2n) is 6.96. The predicted molar refractivity (Wildman–Crippen MR) is 119 cm³/mol. The van der Waals surface area contributed by atoms with Gasteiger partial charge < -0.3 is 10.1 Å². The minimum atomic E-state index is -4.06. The van der Waals surface area contributed by atoms with E-state index in [1.165, 1.54) is 18.2 Å². The summed E-state index contributed by atoms with van der Waals surface area (Å²) < 4.78 is 33.1. The molecule has 0 fully saturated rings. The van der Waals surface area contributed by atoms with Gasteiger partial charge in [-0.3, -0.25) is 4.79 Å². The summed E-state index contributed by atoms with van der Waals surface area (Å²) in [6.07, 6.45) is 0.754. The highest BCUT2D eigenvalue weighted by Crippen LogP contribution is 2.28. The topological polar surface area (TPSA) is 75.7 Å². The van der Waals surface area contributed by atoms with Crippen molar-refractivity contribution in [2.24, 2.45) is 0 Å². The number of nitrogens with zero attached hydrogens (tertiary/aromatic N) is 1. The number of ether oxygens (including phenoxy) is 1. The fourth-order valence-corrected chi connectivity index (χ4v) is 4.78. The Morgan fingerprint density at radius 1 is 1.13 bits per heavy atom. The highest BCUT2D eigenvalue weighted by atomic mass is 35.5. The van der Waals surface area contributed by atoms with Crippen molar-refractivity contribution in [3.05, 3.63) is 64.1 Å². The van der Waals surface area contributed by atoms with Crippen molar-refractivity contribution >= 4 is 39.1 Å². The molecule has 1 N–H and O–H groups in total. The molecular weight excluding hydrogens is 447 g/mol. The van der Waals surface area contributed by atoms with Crippen LogP contribution in [0.15, 0.2) is 53.4 Å². The average Bonchev–Trinajstić information content (AvgIpc) is 2.69. The van der Waals surface area contributed by atoms with Crippen molar-refractivity contribution in [1.29, 1.82) is 0 Å². The Morgan fingerprint density at radius 3 is 2.50 bits per heavy atom. The van der Waals surface area contributed by atoms with Gasteiger partial charge in [-0.2, -0.15) is 4.31 Å². The molecule has 0 saturated heterocycles. The van der Waals surface area contributed by atoms with Gasteiger partial charge in [0.05, 0.1) is 17.7 Å². The summed E-state index contributed by atoms with van der Waals surface area (Å²) in [7, 11) is -4.06. The Bertz CT molecular complexity index is 937. The van der Waals surface area contributed by atoms with Gasteiger partial charge in [-0.05, 0) is 44.0 Å². The number of amides is 1. The van der Waals surface area contributed by atoms with Gasteiger partial charge in [0.15, 0.2) is 0 Å². The molecule has 0 aliphatic carbocycles. The van der Waals surface area contributed by atoms with Crippen LogP contribution in [0.3, 0.4) is 0 Å². The van der Waals surface area contributed by atoms with E-state index >= 15 is 0 Å². The number of benzene rings is 2. The van der Waals surface area contributed by atoms with E-state index in [2.05, 4.69) is 5.32 Å². The second kappa shape index (κ2) is 11.7. The molecule has 2 aromatic rings. The summed E-state index contributed by atoms with van der Waals surface area (Å²) in [4.78, 5) is 12.3. The number of carbonyl (C=O) groups is 1. The van der Waals surface area contributed by atoms with E-state index in [0.29, 0.717) is 19.6 Å². The van der Waals surface area contributed by atoms with E-state index in [9.17, 15) is 13.2 Å². The van der Waals surface area contributed by atoms with Crippen LogP contribution in [0.2, 0.25) is 10.0 Å². The Labute approximate surface area is 188 Å². The maximum absolute atomic E-state index is 13.3. The first-order chi connectivity index (χ1) is 14.2. The van der Waals surface area contributed by atoms with Crippen LogP contribution < -0.4 is 5.32 Å². The highest BCUT2D eigenvalue weighted by molar-refractivity contribution is 7.89. The first-order valence-electron chi connectivity index (χ1n) is 9.57. The van der Waals surface area contributed by atoms with Crippen molar-refractivity contribution in [1.82, 2.24) is 9.62 Å². The first-order valence-corrected chi connectivity index (χ1v) is 11.8. The van der Waals surface area contributed by atoms with E-state index in [0.717, 1.165) is 9.87 Å². The zero-order valence-electron chi connectivity index (χ0n) is 17.0. The number of halogens is 2. The average molecular weight is 473 g/mol. The third-order valence-corrected chi connectivity index (χ3v) is 6.64. The molecule has 9 heteroatoms. The van der Waals surface area contributed by atoms with E-state index in [4.69, 9.17) is 27.9 Å². The largest absolute Gasteiger partial charge is 0.379 e. The molecule has 0 heterocycles. The van der Waals surface area contributed by atoms with Crippen molar-refractivity contribution in [3.8, 4) is 0 Å². The molecule has 0 spiro atoms. The van der Waals surface area contributed by atoms with Gasteiger partial charge in [-0.25, -0.2) is 8.42 Å². The van der Waals surface area contributed by atoms with Gasteiger partial charge in [0.25, 0.3) is 0 Å². The summed E-state index contributed by atoms with van der Waals surface area (Å²) in [5, 5.41) is 3.03. The van der Waals surface area contributed by atoms with Crippen LogP contribution in [0.4, 0.5) is 0 Å². The van der Waals surface area contributed by atoms with Crippen LogP contribution in [-0.2, 0) is 26.1 Å². The van der Waals surface area contributed by atoms with E-state index in [1.54, 1.807) is 24.3 Å². The first kappa shape index (κ1) is 24.6. The molecule has 0 aliphatic rings. The molecule has 0 bridgehead atoms. The molecular formula is C21H26Cl2N2O4S. The fourth-order valence-electron chi connectivity index (χ4n) is 2.66. The zero-order chi connectivity index (χ0) is 22.1.